The summed E-state index contributed by atoms with van der Waals surface area (Å²) < 4.78 is 4.75. The highest BCUT2D eigenvalue weighted by atomic mass is 15.0. The molecule has 0 unspecified atom stereocenters. The van der Waals surface area contributed by atoms with E-state index in [1.54, 1.807) is 0 Å². The van der Waals surface area contributed by atoms with Gasteiger partial charge in [-0.15, -0.1) is 0 Å². The van der Waals surface area contributed by atoms with Crippen LogP contribution in [0.1, 0.15) is 0 Å². The standard InChI is InChI=1S/C60H40N2/c1-4-15-41(16-5-1)48-35-49(42-17-6-2-7-18-42)37-52(36-48)53-39-50(45-28-27-43-19-10-11-20-44(43)33-45)38-51(40-53)46-29-30-56-47(34-46)31-32-61(56)58-25-14-26-59-60(58)55-23-12-13-24-57(55)62(59)54-21-8-3-9-22-54/h1-40H. The van der Waals surface area contributed by atoms with Gasteiger partial charge in [0.15, 0.2) is 0 Å². The highest BCUT2D eigenvalue weighted by molar-refractivity contribution is 6.13. The van der Waals surface area contributed by atoms with E-state index in [1.807, 2.05) is 0 Å². The summed E-state index contributed by atoms with van der Waals surface area (Å²) in [6, 6.07) is 86.4. The Kier molecular flexibility index (Phi) is 8.53. The van der Waals surface area contributed by atoms with Crippen molar-refractivity contribution < 1.29 is 0 Å². The minimum Gasteiger partial charge on any atom is -0.316 e. The van der Waals surface area contributed by atoms with E-state index >= 15 is 0 Å². The van der Waals surface area contributed by atoms with Crippen molar-refractivity contribution in [3.8, 4) is 67.0 Å². The molecule has 0 fully saturated rings. The maximum absolute atomic E-state index is 2.39. The fourth-order valence-corrected chi connectivity index (χ4v) is 9.47. The van der Waals surface area contributed by atoms with Crippen LogP contribution in [-0.4, -0.2) is 9.13 Å². The van der Waals surface area contributed by atoms with Gasteiger partial charge in [-0.25, -0.2) is 0 Å². The van der Waals surface area contributed by atoms with E-state index in [4.69, 9.17) is 0 Å². The van der Waals surface area contributed by atoms with Gasteiger partial charge >= 0.3 is 0 Å². The van der Waals surface area contributed by atoms with Crippen LogP contribution in [0.15, 0.2) is 243 Å². The van der Waals surface area contributed by atoms with E-state index in [2.05, 4.69) is 252 Å². The zero-order valence-corrected chi connectivity index (χ0v) is 34.0. The molecule has 290 valence electrons. The van der Waals surface area contributed by atoms with Crippen molar-refractivity contribution in [2.24, 2.45) is 0 Å². The summed E-state index contributed by atoms with van der Waals surface area (Å²) in [7, 11) is 0. The molecule has 0 saturated heterocycles. The number of aromatic nitrogens is 2. The van der Waals surface area contributed by atoms with Crippen LogP contribution in [0.25, 0.3) is 110 Å². The van der Waals surface area contributed by atoms with Crippen molar-refractivity contribution in [3.05, 3.63) is 243 Å². The summed E-state index contributed by atoms with van der Waals surface area (Å²) in [6.45, 7) is 0. The SMILES string of the molecule is c1ccc(-c2cc(-c3ccccc3)cc(-c3cc(-c4ccc5ccccc5c4)cc(-c4ccc5c(ccn5-c5cccc6c5c5ccccc5n6-c5ccccc5)c4)c3)c2)cc1. The first kappa shape index (κ1) is 35.7. The highest BCUT2D eigenvalue weighted by Crippen LogP contribution is 2.40. The molecule has 2 heteroatoms. The highest BCUT2D eigenvalue weighted by Gasteiger charge is 2.18. The number of para-hydroxylation sites is 2. The number of hydrogen-bond acceptors (Lipinski definition) is 0. The molecule has 2 aromatic heterocycles. The van der Waals surface area contributed by atoms with Crippen LogP contribution in [0.4, 0.5) is 0 Å². The average molecular weight is 789 g/mol. The molecule has 12 rings (SSSR count). The summed E-state index contributed by atoms with van der Waals surface area (Å²) in [5.41, 5.74) is 17.8. The van der Waals surface area contributed by atoms with Gasteiger partial charge in [-0.3, -0.25) is 0 Å². The van der Waals surface area contributed by atoms with E-state index in [9.17, 15) is 0 Å². The molecule has 0 aliphatic carbocycles. The molecule has 0 aliphatic heterocycles. The van der Waals surface area contributed by atoms with Crippen molar-refractivity contribution in [1.29, 1.82) is 0 Å². The summed E-state index contributed by atoms with van der Waals surface area (Å²) in [5.74, 6) is 0. The smallest absolute Gasteiger partial charge is 0.0562 e. The molecular formula is C60H40N2. The molecule has 0 bridgehead atoms. The third-order valence-electron chi connectivity index (χ3n) is 12.5. The topological polar surface area (TPSA) is 9.86 Å². The Morgan fingerprint density at radius 2 is 0.758 bits per heavy atom. The van der Waals surface area contributed by atoms with Gasteiger partial charge < -0.3 is 9.13 Å². The molecule has 10 aromatic carbocycles. The van der Waals surface area contributed by atoms with E-state index < -0.39 is 0 Å². The van der Waals surface area contributed by atoms with Crippen molar-refractivity contribution in [1.82, 2.24) is 9.13 Å². The van der Waals surface area contributed by atoms with Gasteiger partial charge in [0.1, 0.15) is 0 Å². The zero-order chi connectivity index (χ0) is 41.0. The Morgan fingerprint density at radius 3 is 1.42 bits per heavy atom. The lowest BCUT2D eigenvalue weighted by Crippen LogP contribution is -1.95. The first-order chi connectivity index (χ1) is 30.7. The van der Waals surface area contributed by atoms with Crippen LogP contribution in [0.2, 0.25) is 0 Å². The molecule has 0 saturated carbocycles. The predicted molar refractivity (Wildman–Crippen MR) is 262 cm³/mol. The number of rotatable bonds is 7. The van der Waals surface area contributed by atoms with Crippen LogP contribution in [0, 0.1) is 0 Å². The Bertz CT molecular complexity index is 3550. The monoisotopic (exact) mass is 788 g/mol. The van der Waals surface area contributed by atoms with Gasteiger partial charge in [0.2, 0.25) is 0 Å². The van der Waals surface area contributed by atoms with E-state index in [0.717, 1.165) is 5.69 Å². The Labute approximate surface area is 360 Å². The fraction of sp³-hybridized carbons (Fsp3) is 0. The molecule has 0 radical (unpaired) electrons. The molecule has 12 aromatic rings. The lowest BCUT2D eigenvalue weighted by atomic mass is 9.89. The number of nitrogens with zero attached hydrogens (tertiary/aromatic N) is 2. The Hall–Kier alpha value is -8.20. The lowest BCUT2D eigenvalue weighted by Gasteiger charge is -2.15. The van der Waals surface area contributed by atoms with Crippen molar-refractivity contribution >= 4 is 43.5 Å². The van der Waals surface area contributed by atoms with Gasteiger partial charge in [0.25, 0.3) is 0 Å². The van der Waals surface area contributed by atoms with Crippen LogP contribution in [-0.2, 0) is 0 Å². The third kappa shape index (κ3) is 6.20. The maximum Gasteiger partial charge on any atom is 0.0562 e. The first-order valence-electron chi connectivity index (χ1n) is 21.3. The van der Waals surface area contributed by atoms with Crippen molar-refractivity contribution in [2.45, 2.75) is 0 Å². The van der Waals surface area contributed by atoms with Crippen molar-refractivity contribution in [2.75, 3.05) is 0 Å². The molecule has 0 atom stereocenters. The quantitative estimate of drug-likeness (QED) is 0.152. The van der Waals surface area contributed by atoms with E-state index in [-0.39, 0.29) is 0 Å². The van der Waals surface area contributed by atoms with Crippen LogP contribution in [0.5, 0.6) is 0 Å². The second kappa shape index (κ2) is 14.8. The molecule has 0 spiro atoms. The van der Waals surface area contributed by atoms with Gasteiger partial charge in [-0.1, -0.05) is 146 Å². The van der Waals surface area contributed by atoms with Gasteiger partial charge in [0.05, 0.1) is 22.2 Å². The summed E-state index contributed by atoms with van der Waals surface area (Å²) >= 11 is 0. The molecule has 2 nitrogen and oxygen atoms in total. The first-order valence-corrected chi connectivity index (χ1v) is 21.3. The molecule has 2 heterocycles. The second-order valence-corrected chi connectivity index (χ2v) is 16.2. The van der Waals surface area contributed by atoms with Gasteiger partial charge in [0, 0.05) is 28.0 Å². The number of benzene rings is 10. The number of hydrogen-bond donors (Lipinski definition) is 0. The molecular weight excluding hydrogens is 749 g/mol. The molecule has 0 amide bonds. The second-order valence-electron chi connectivity index (χ2n) is 16.2. The summed E-state index contributed by atoms with van der Waals surface area (Å²) in [4.78, 5) is 0. The largest absolute Gasteiger partial charge is 0.316 e. The third-order valence-corrected chi connectivity index (χ3v) is 12.5. The van der Waals surface area contributed by atoms with Gasteiger partial charge in [-0.2, -0.15) is 0 Å². The number of fused-ring (bicyclic) bond motifs is 5. The predicted octanol–water partition coefficient (Wildman–Crippen LogP) is 16.2. The maximum atomic E-state index is 2.39. The van der Waals surface area contributed by atoms with Crippen LogP contribution >= 0.6 is 0 Å². The lowest BCUT2D eigenvalue weighted by molar-refractivity contribution is 1.14. The molecule has 0 N–H and O–H groups in total. The van der Waals surface area contributed by atoms with E-state index in [0.29, 0.717) is 0 Å². The van der Waals surface area contributed by atoms with Crippen molar-refractivity contribution in [3.63, 3.8) is 0 Å². The molecule has 62 heavy (non-hydrogen) atoms. The molecule has 0 aliphatic rings. The Balaban J connectivity index is 1.03. The minimum atomic E-state index is 1.16. The average Bonchev–Trinajstić information content (AvgIpc) is 3.93. The van der Waals surface area contributed by atoms with Crippen LogP contribution < -0.4 is 0 Å². The normalized spacial score (nSPS) is 11.5. The zero-order valence-electron chi connectivity index (χ0n) is 34.0. The van der Waals surface area contributed by atoms with Crippen LogP contribution in [0.3, 0.4) is 0 Å². The summed E-state index contributed by atoms with van der Waals surface area (Å²) in [6.07, 6.45) is 2.23. The van der Waals surface area contributed by atoms with Gasteiger partial charge in [-0.05, 0) is 157 Å². The minimum absolute atomic E-state index is 1.16. The summed E-state index contributed by atoms with van der Waals surface area (Å²) in [5, 5.41) is 6.16. The Morgan fingerprint density at radius 1 is 0.258 bits per heavy atom. The van der Waals surface area contributed by atoms with E-state index in [1.165, 1.54) is 105 Å². The fourth-order valence-electron chi connectivity index (χ4n) is 9.47.